The van der Waals surface area contributed by atoms with Gasteiger partial charge in [-0.25, -0.2) is 9.97 Å². The lowest BCUT2D eigenvalue weighted by Crippen LogP contribution is -1.95. The van der Waals surface area contributed by atoms with Gasteiger partial charge in [-0.1, -0.05) is 0 Å². The minimum absolute atomic E-state index is 0.0179. The second-order valence-corrected chi connectivity index (χ2v) is 2.98. The van der Waals surface area contributed by atoms with Gasteiger partial charge in [0.1, 0.15) is 12.3 Å². The van der Waals surface area contributed by atoms with Gasteiger partial charge in [0.2, 0.25) is 0 Å². The Balaban J connectivity index is 2.43. The van der Waals surface area contributed by atoms with Gasteiger partial charge in [0.25, 0.3) is 0 Å². The molecule has 0 aliphatic rings. The van der Waals surface area contributed by atoms with Crippen molar-refractivity contribution in [1.82, 2.24) is 15.0 Å². The Hall–Kier alpha value is -1.46. The predicted octanol–water partition coefficient (Wildman–Crippen LogP) is 0.597. The first-order chi connectivity index (χ1) is 6.83. The van der Waals surface area contributed by atoms with Crippen LogP contribution in [0.25, 0.3) is 11.0 Å². The van der Waals surface area contributed by atoms with E-state index in [-0.39, 0.29) is 6.61 Å². The third-order valence-corrected chi connectivity index (χ3v) is 1.92. The number of aromatic amines is 1. The number of nitrogens with zero attached hydrogens (tertiary/aromatic N) is 2. The summed E-state index contributed by atoms with van der Waals surface area (Å²) in [6.45, 7) is 0.374. The van der Waals surface area contributed by atoms with Crippen molar-refractivity contribution in [3.05, 3.63) is 23.8 Å². The van der Waals surface area contributed by atoms with E-state index in [2.05, 4.69) is 15.0 Å². The lowest BCUT2D eigenvalue weighted by Gasteiger charge is -1.96. The maximum absolute atomic E-state index is 8.91. The van der Waals surface area contributed by atoms with Gasteiger partial charge in [-0.05, 0) is 6.07 Å². The summed E-state index contributed by atoms with van der Waals surface area (Å²) in [5.74, 6) is 0.631. The fourth-order valence-electron chi connectivity index (χ4n) is 1.29. The normalized spacial score (nSPS) is 11.0. The van der Waals surface area contributed by atoms with Crippen molar-refractivity contribution in [1.29, 1.82) is 0 Å². The topological polar surface area (TPSA) is 71.0 Å². The summed E-state index contributed by atoms with van der Waals surface area (Å²) in [7, 11) is 1.60. The fraction of sp³-hybridized carbons (Fsp3) is 0.333. The number of aliphatic hydroxyl groups is 1. The van der Waals surface area contributed by atoms with E-state index in [1.165, 1.54) is 0 Å². The zero-order chi connectivity index (χ0) is 9.97. The maximum Gasteiger partial charge on any atom is 0.156 e. The van der Waals surface area contributed by atoms with Gasteiger partial charge < -0.3 is 14.8 Å². The van der Waals surface area contributed by atoms with Crippen LogP contribution in [0.2, 0.25) is 0 Å². The molecule has 0 bridgehead atoms. The third-order valence-electron chi connectivity index (χ3n) is 1.92. The lowest BCUT2D eigenvalue weighted by molar-refractivity contribution is 0.178. The Labute approximate surface area is 80.8 Å². The number of H-pyrrole nitrogens is 1. The summed E-state index contributed by atoms with van der Waals surface area (Å²) in [5.41, 5.74) is 1.47. The minimum Gasteiger partial charge on any atom is -0.390 e. The number of nitrogens with one attached hydrogen (secondary N) is 1. The number of ether oxygens (including phenoxy) is 1. The molecule has 5 heteroatoms. The highest BCUT2D eigenvalue weighted by Gasteiger charge is 2.03. The Morgan fingerprint density at radius 3 is 3.14 bits per heavy atom. The molecule has 2 aromatic heterocycles. The molecule has 0 aromatic carbocycles. The molecule has 2 rings (SSSR count). The Morgan fingerprint density at radius 2 is 2.43 bits per heavy atom. The Morgan fingerprint density at radius 1 is 1.57 bits per heavy atom. The summed E-state index contributed by atoms with van der Waals surface area (Å²) < 4.78 is 4.92. The minimum atomic E-state index is -0.0179. The van der Waals surface area contributed by atoms with E-state index >= 15 is 0 Å². The van der Waals surface area contributed by atoms with Crippen LogP contribution in [0.3, 0.4) is 0 Å². The first kappa shape index (κ1) is 9.11. The van der Waals surface area contributed by atoms with Gasteiger partial charge in [-0.15, -0.1) is 0 Å². The number of rotatable bonds is 3. The van der Waals surface area contributed by atoms with Gasteiger partial charge in [0.05, 0.1) is 6.61 Å². The monoisotopic (exact) mass is 193 g/mol. The molecule has 5 nitrogen and oxygen atoms in total. The molecule has 74 valence electrons. The molecular weight excluding hydrogens is 182 g/mol. The summed E-state index contributed by atoms with van der Waals surface area (Å²) >= 11 is 0. The SMILES string of the molecule is COCc1ncc2cc(CO)[nH]c2n1. The van der Waals surface area contributed by atoms with E-state index in [1.807, 2.05) is 6.07 Å². The fourth-order valence-corrected chi connectivity index (χ4v) is 1.29. The first-order valence-corrected chi connectivity index (χ1v) is 4.27. The third kappa shape index (κ3) is 1.59. The van der Waals surface area contributed by atoms with E-state index < -0.39 is 0 Å². The first-order valence-electron chi connectivity index (χ1n) is 4.27. The molecule has 0 radical (unpaired) electrons. The lowest BCUT2D eigenvalue weighted by atomic mass is 10.4. The second kappa shape index (κ2) is 3.73. The van der Waals surface area contributed by atoms with E-state index in [1.54, 1.807) is 13.3 Å². The van der Waals surface area contributed by atoms with Gasteiger partial charge in [0, 0.05) is 24.4 Å². The van der Waals surface area contributed by atoms with E-state index in [9.17, 15) is 0 Å². The molecule has 14 heavy (non-hydrogen) atoms. The molecule has 2 heterocycles. The van der Waals surface area contributed by atoms with Crippen LogP contribution in [0, 0.1) is 0 Å². The quantitative estimate of drug-likeness (QED) is 0.748. The van der Waals surface area contributed by atoms with Gasteiger partial charge in [-0.2, -0.15) is 0 Å². The van der Waals surface area contributed by atoms with Crippen molar-refractivity contribution >= 4 is 11.0 Å². The summed E-state index contributed by atoms with van der Waals surface area (Å²) in [4.78, 5) is 11.3. The largest absolute Gasteiger partial charge is 0.390 e. The Kier molecular flexibility index (Phi) is 2.43. The molecule has 0 atom stereocenters. The number of methoxy groups -OCH3 is 1. The Bertz CT molecular complexity index is 439. The van der Waals surface area contributed by atoms with Crippen molar-refractivity contribution in [3.63, 3.8) is 0 Å². The molecule has 0 saturated carbocycles. The highest BCUT2D eigenvalue weighted by Crippen LogP contribution is 2.12. The van der Waals surface area contributed by atoms with Crippen LogP contribution in [0.5, 0.6) is 0 Å². The average molecular weight is 193 g/mol. The van der Waals surface area contributed by atoms with E-state index in [0.717, 1.165) is 16.7 Å². The molecular formula is C9H11N3O2. The molecule has 0 fully saturated rings. The van der Waals surface area contributed by atoms with Crippen LogP contribution in [0.4, 0.5) is 0 Å². The van der Waals surface area contributed by atoms with Gasteiger partial charge >= 0.3 is 0 Å². The van der Waals surface area contributed by atoms with Crippen molar-refractivity contribution in [2.75, 3.05) is 7.11 Å². The predicted molar refractivity (Wildman–Crippen MR) is 50.5 cm³/mol. The van der Waals surface area contributed by atoms with Gasteiger partial charge in [0.15, 0.2) is 5.82 Å². The van der Waals surface area contributed by atoms with Crippen LogP contribution in [0.1, 0.15) is 11.5 Å². The highest BCUT2D eigenvalue weighted by atomic mass is 16.5. The zero-order valence-corrected chi connectivity index (χ0v) is 7.82. The van der Waals surface area contributed by atoms with E-state index in [0.29, 0.717) is 12.4 Å². The van der Waals surface area contributed by atoms with Gasteiger partial charge in [-0.3, -0.25) is 0 Å². The molecule has 2 N–H and O–H groups in total. The average Bonchev–Trinajstić information content (AvgIpc) is 2.60. The molecule has 0 aliphatic carbocycles. The van der Waals surface area contributed by atoms with Crippen molar-refractivity contribution in [3.8, 4) is 0 Å². The number of aromatic nitrogens is 3. The number of hydrogen-bond acceptors (Lipinski definition) is 4. The van der Waals surface area contributed by atoms with Crippen molar-refractivity contribution in [2.24, 2.45) is 0 Å². The standard InChI is InChI=1S/C9H11N3O2/c1-14-5-8-10-3-6-2-7(4-13)11-9(6)12-8/h2-3,13H,4-5H2,1H3,(H,10,11,12). The summed E-state index contributed by atoms with van der Waals surface area (Å²) in [5, 5.41) is 9.80. The van der Waals surface area contributed by atoms with Crippen molar-refractivity contribution < 1.29 is 9.84 Å². The number of aliphatic hydroxyl groups excluding tert-OH is 1. The molecule has 0 spiro atoms. The van der Waals surface area contributed by atoms with Crippen LogP contribution in [0.15, 0.2) is 12.3 Å². The maximum atomic E-state index is 8.91. The highest BCUT2D eigenvalue weighted by molar-refractivity contribution is 5.75. The molecule has 0 aliphatic heterocycles. The van der Waals surface area contributed by atoms with Crippen LogP contribution in [-0.2, 0) is 18.0 Å². The summed E-state index contributed by atoms with van der Waals surface area (Å²) in [6.07, 6.45) is 1.71. The van der Waals surface area contributed by atoms with Crippen LogP contribution in [-0.4, -0.2) is 27.2 Å². The van der Waals surface area contributed by atoms with Crippen molar-refractivity contribution in [2.45, 2.75) is 13.2 Å². The molecule has 2 aromatic rings. The zero-order valence-electron chi connectivity index (χ0n) is 7.82. The van der Waals surface area contributed by atoms with Crippen LogP contribution < -0.4 is 0 Å². The molecule has 0 saturated heterocycles. The second-order valence-electron chi connectivity index (χ2n) is 2.98. The van der Waals surface area contributed by atoms with Crippen LogP contribution >= 0.6 is 0 Å². The smallest absolute Gasteiger partial charge is 0.156 e. The number of hydrogen-bond donors (Lipinski definition) is 2. The molecule has 0 amide bonds. The summed E-state index contributed by atoms with van der Waals surface area (Å²) in [6, 6.07) is 1.83. The van der Waals surface area contributed by atoms with E-state index in [4.69, 9.17) is 9.84 Å². The molecule has 0 unspecified atom stereocenters. The number of fused-ring (bicyclic) bond motifs is 1.